The second kappa shape index (κ2) is 7.59. The summed E-state index contributed by atoms with van der Waals surface area (Å²) in [5, 5.41) is 10.4. The van der Waals surface area contributed by atoms with Crippen molar-refractivity contribution in [2.75, 3.05) is 13.2 Å². The number of carbonyl (C=O) groups is 1. The van der Waals surface area contributed by atoms with Gasteiger partial charge in [-0.05, 0) is 39.7 Å². The molecule has 0 spiro atoms. The van der Waals surface area contributed by atoms with Crippen molar-refractivity contribution in [2.24, 2.45) is 0 Å². The van der Waals surface area contributed by atoms with Gasteiger partial charge in [0.1, 0.15) is 5.75 Å². The average molecular weight is 342 g/mol. The fraction of sp³-hybridized carbons (Fsp3) is 0.474. The average Bonchev–Trinajstić information content (AvgIpc) is 3.20. The molecule has 1 aliphatic heterocycles. The van der Waals surface area contributed by atoms with Gasteiger partial charge in [0.05, 0.1) is 18.3 Å². The summed E-state index contributed by atoms with van der Waals surface area (Å²) < 4.78 is 5.63. The molecule has 2 amide bonds. The zero-order valence-corrected chi connectivity index (χ0v) is 15.1. The number of likely N-dealkylation sites (tertiary alicyclic amines) is 1. The first kappa shape index (κ1) is 17.3. The van der Waals surface area contributed by atoms with Crippen molar-refractivity contribution < 1.29 is 9.53 Å². The van der Waals surface area contributed by atoms with Crippen LogP contribution >= 0.6 is 0 Å². The first-order valence-corrected chi connectivity index (χ1v) is 8.88. The fourth-order valence-corrected chi connectivity index (χ4v) is 3.58. The maximum absolute atomic E-state index is 12.8. The lowest BCUT2D eigenvalue weighted by molar-refractivity contribution is 0.192. The minimum atomic E-state index is -0.0335. The van der Waals surface area contributed by atoms with Gasteiger partial charge in [0, 0.05) is 29.9 Å². The Bertz CT molecular complexity index is 721. The summed E-state index contributed by atoms with van der Waals surface area (Å²) in [7, 11) is 0. The highest BCUT2D eigenvalue weighted by Gasteiger charge is 2.32. The number of urea groups is 1. The number of H-pyrrole nitrogens is 1. The number of benzene rings is 1. The second-order valence-electron chi connectivity index (χ2n) is 6.40. The molecule has 2 heterocycles. The molecule has 6 nitrogen and oxygen atoms in total. The number of hydrogen-bond acceptors (Lipinski definition) is 3. The molecule has 0 radical (unpaired) electrons. The summed E-state index contributed by atoms with van der Waals surface area (Å²) in [6.07, 6.45) is 1.99. The van der Waals surface area contributed by atoms with Crippen molar-refractivity contribution in [1.29, 1.82) is 0 Å². The van der Waals surface area contributed by atoms with Gasteiger partial charge in [-0.15, -0.1) is 0 Å². The van der Waals surface area contributed by atoms with E-state index in [0.29, 0.717) is 13.2 Å². The number of carbonyl (C=O) groups excluding carboxylic acids is 1. The lowest BCUT2D eigenvalue weighted by Gasteiger charge is -2.25. The topological polar surface area (TPSA) is 70.2 Å². The van der Waals surface area contributed by atoms with Crippen LogP contribution in [0.25, 0.3) is 0 Å². The highest BCUT2D eigenvalue weighted by atomic mass is 16.5. The van der Waals surface area contributed by atoms with E-state index in [1.54, 1.807) is 0 Å². The van der Waals surface area contributed by atoms with Gasteiger partial charge in [-0.1, -0.05) is 18.2 Å². The third kappa shape index (κ3) is 3.62. The van der Waals surface area contributed by atoms with Crippen molar-refractivity contribution in [3.8, 4) is 5.75 Å². The molecule has 1 atom stereocenters. The van der Waals surface area contributed by atoms with Crippen molar-refractivity contribution in [3.05, 3.63) is 46.8 Å². The number of aryl methyl sites for hydroxylation is 2. The van der Waals surface area contributed by atoms with E-state index in [0.717, 1.165) is 47.7 Å². The number of para-hydroxylation sites is 1. The molecule has 2 N–H and O–H groups in total. The Kier molecular flexibility index (Phi) is 5.26. The van der Waals surface area contributed by atoms with Crippen LogP contribution in [-0.2, 0) is 6.54 Å². The van der Waals surface area contributed by atoms with Crippen LogP contribution in [0.5, 0.6) is 5.75 Å². The van der Waals surface area contributed by atoms with Crippen molar-refractivity contribution in [3.63, 3.8) is 0 Å². The summed E-state index contributed by atoms with van der Waals surface area (Å²) in [5.41, 5.74) is 4.17. The Balaban J connectivity index is 1.69. The van der Waals surface area contributed by atoms with Crippen LogP contribution in [0.1, 0.15) is 48.3 Å². The lowest BCUT2D eigenvalue weighted by Crippen LogP contribution is -2.39. The smallest absolute Gasteiger partial charge is 0.318 e. The zero-order valence-electron chi connectivity index (χ0n) is 15.1. The summed E-state index contributed by atoms with van der Waals surface area (Å²) in [6.45, 7) is 7.81. The summed E-state index contributed by atoms with van der Waals surface area (Å²) in [4.78, 5) is 14.7. The van der Waals surface area contributed by atoms with Crippen LogP contribution in [0.2, 0.25) is 0 Å². The van der Waals surface area contributed by atoms with Gasteiger partial charge in [0.15, 0.2) is 0 Å². The number of amides is 2. The Labute approximate surface area is 148 Å². The number of hydrogen-bond donors (Lipinski definition) is 2. The van der Waals surface area contributed by atoms with Gasteiger partial charge in [-0.25, -0.2) is 4.79 Å². The Morgan fingerprint density at radius 3 is 2.92 bits per heavy atom. The van der Waals surface area contributed by atoms with Crippen LogP contribution in [0.15, 0.2) is 24.3 Å². The first-order valence-electron chi connectivity index (χ1n) is 8.88. The molecule has 25 heavy (non-hydrogen) atoms. The van der Waals surface area contributed by atoms with Gasteiger partial charge in [0.2, 0.25) is 0 Å². The molecule has 0 saturated carbocycles. The van der Waals surface area contributed by atoms with Gasteiger partial charge >= 0.3 is 6.03 Å². The quantitative estimate of drug-likeness (QED) is 0.874. The highest BCUT2D eigenvalue weighted by Crippen LogP contribution is 2.34. The molecule has 1 fully saturated rings. The van der Waals surface area contributed by atoms with E-state index in [4.69, 9.17) is 4.74 Å². The maximum atomic E-state index is 12.8. The van der Waals surface area contributed by atoms with Gasteiger partial charge in [-0.3, -0.25) is 5.10 Å². The first-order chi connectivity index (χ1) is 12.1. The van der Waals surface area contributed by atoms with E-state index in [1.165, 1.54) is 0 Å². The molecule has 0 aliphatic carbocycles. The molecule has 0 bridgehead atoms. The van der Waals surface area contributed by atoms with Crippen molar-refractivity contribution in [1.82, 2.24) is 20.4 Å². The number of aromatic amines is 1. The summed E-state index contributed by atoms with van der Waals surface area (Å²) in [5.74, 6) is 0.824. The number of ether oxygens (including phenoxy) is 1. The molecule has 1 saturated heterocycles. The Morgan fingerprint density at radius 1 is 1.40 bits per heavy atom. The normalized spacial score (nSPS) is 16.9. The molecule has 6 heteroatoms. The molecular weight excluding hydrogens is 316 g/mol. The predicted molar refractivity (Wildman–Crippen MR) is 96.6 cm³/mol. The SMILES string of the molecule is CCOc1ccccc1CNC(=O)N1CCC[C@@H]1c1c(C)n[nH]c1C. The number of nitrogens with one attached hydrogen (secondary N) is 2. The summed E-state index contributed by atoms with van der Waals surface area (Å²) in [6, 6.07) is 7.88. The van der Waals surface area contributed by atoms with E-state index in [9.17, 15) is 4.79 Å². The van der Waals surface area contributed by atoms with Crippen LogP contribution in [-0.4, -0.2) is 34.3 Å². The highest BCUT2D eigenvalue weighted by molar-refractivity contribution is 5.75. The van der Waals surface area contributed by atoms with E-state index >= 15 is 0 Å². The van der Waals surface area contributed by atoms with E-state index in [1.807, 2.05) is 49.9 Å². The standard InChI is InChI=1S/C19H26N4O2/c1-4-25-17-10-6-5-8-15(17)12-20-19(24)23-11-7-9-16(23)18-13(2)21-22-14(18)3/h5-6,8,10,16H,4,7,9,11-12H2,1-3H3,(H,20,24)(H,21,22)/t16-/m1/s1. The van der Waals surface area contributed by atoms with E-state index in [2.05, 4.69) is 15.5 Å². The second-order valence-corrected chi connectivity index (χ2v) is 6.40. The number of aromatic nitrogens is 2. The van der Waals surface area contributed by atoms with Crippen LogP contribution in [0.4, 0.5) is 4.79 Å². The minimum absolute atomic E-state index is 0.0335. The lowest BCUT2D eigenvalue weighted by atomic mass is 10.0. The fourth-order valence-electron chi connectivity index (χ4n) is 3.58. The molecule has 3 rings (SSSR count). The number of nitrogens with zero attached hydrogens (tertiary/aromatic N) is 2. The molecule has 0 unspecified atom stereocenters. The Morgan fingerprint density at radius 2 is 2.20 bits per heavy atom. The van der Waals surface area contributed by atoms with Crippen molar-refractivity contribution >= 4 is 6.03 Å². The Hall–Kier alpha value is -2.50. The largest absolute Gasteiger partial charge is 0.494 e. The van der Waals surface area contributed by atoms with Crippen LogP contribution < -0.4 is 10.1 Å². The monoisotopic (exact) mass is 342 g/mol. The van der Waals surface area contributed by atoms with Crippen LogP contribution in [0, 0.1) is 13.8 Å². The minimum Gasteiger partial charge on any atom is -0.494 e. The van der Waals surface area contributed by atoms with E-state index in [-0.39, 0.29) is 12.1 Å². The van der Waals surface area contributed by atoms with Crippen molar-refractivity contribution in [2.45, 2.75) is 46.2 Å². The number of rotatable bonds is 5. The molecular formula is C19H26N4O2. The van der Waals surface area contributed by atoms with Gasteiger partial charge < -0.3 is 15.0 Å². The van der Waals surface area contributed by atoms with Gasteiger partial charge in [-0.2, -0.15) is 5.10 Å². The molecule has 1 aromatic heterocycles. The molecule has 1 aliphatic rings. The third-order valence-electron chi connectivity index (χ3n) is 4.73. The van der Waals surface area contributed by atoms with E-state index < -0.39 is 0 Å². The molecule has 134 valence electrons. The van der Waals surface area contributed by atoms with Crippen LogP contribution in [0.3, 0.4) is 0 Å². The zero-order chi connectivity index (χ0) is 17.8. The third-order valence-corrected chi connectivity index (χ3v) is 4.73. The summed E-state index contributed by atoms with van der Waals surface area (Å²) >= 11 is 0. The van der Waals surface area contributed by atoms with Gasteiger partial charge in [0.25, 0.3) is 0 Å². The molecule has 2 aromatic rings. The molecule has 1 aromatic carbocycles. The maximum Gasteiger partial charge on any atom is 0.318 e. The predicted octanol–water partition coefficient (Wildman–Crippen LogP) is 3.47.